The fourth-order valence-corrected chi connectivity index (χ4v) is 1.94. The minimum absolute atomic E-state index is 0.0980. The molecule has 17 heavy (non-hydrogen) atoms. The van der Waals surface area contributed by atoms with Crippen LogP contribution in [0.5, 0.6) is 5.75 Å². The zero-order valence-electron chi connectivity index (χ0n) is 10.6. The van der Waals surface area contributed by atoms with Crippen LogP contribution in [0.15, 0.2) is 24.3 Å². The molecule has 4 heteroatoms. The lowest BCUT2D eigenvalue weighted by Gasteiger charge is -2.10. The van der Waals surface area contributed by atoms with Gasteiger partial charge in [-0.1, -0.05) is 30.0 Å². The van der Waals surface area contributed by atoms with Gasteiger partial charge < -0.3 is 9.64 Å². The van der Waals surface area contributed by atoms with Crippen LogP contribution >= 0.6 is 11.8 Å². The van der Waals surface area contributed by atoms with Gasteiger partial charge in [0.1, 0.15) is 5.75 Å². The molecule has 0 radical (unpaired) electrons. The van der Waals surface area contributed by atoms with Crippen LogP contribution in [0.4, 0.5) is 4.79 Å². The Morgan fingerprint density at radius 3 is 2.71 bits per heavy atom. The Labute approximate surface area is 107 Å². The van der Waals surface area contributed by atoms with E-state index in [4.69, 9.17) is 4.74 Å². The number of aryl methyl sites for hydroxylation is 1. The minimum atomic E-state index is 0.0980. The van der Waals surface area contributed by atoms with Crippen molar-refractivity contribution >= 4 is 17.0 Å². The van der Waals surface area contributed by atoms with E-state index in [2.05, 4.69) is 0 Å². The largest absolute Gasteiger partial charge is 0.493 e. The van der Waals surface area contributed by atoms with E-state index >= 15 is 0 Å². The summed E-state index contributed by atoms with van der Waals surface area (Å²) in [5.41, 5.74) is 1.14. The molecule has 0 aromatic heterocycles. The Kier molecular flexibility index (Phi) is 5.91. The van der Waals surface area contributed by atoms with Crippen molar-refractivity contribution in [2.75, 3.05) is 26.5 Å². The molecule has 0 spiro atoms. The molecule has 0 heterocycles. The summed E-state index contributed by atoms with van der Waals surface area (Å²) in [5, 5.41) is 0.0980. The highest BCUT2D eigenvalue weighted by Gasteiger charge is 2.04. The van der Waals surface area contributed by atoms with Crippen LogP contribution in [-0.4, -0.2) is 36.6 Å². The zero-order chi connectivity index (χ0) is 12.7. The van der Waals surface area contributed by atoms with Crippen molar-refractivity contribution in [2.45, 2.75) is 13.3 Å². The molecule has 0 aliphatic heterocycles. The number of benzene rings is 1. The van der Waals surface area contributed by atoms with Gasteiger partial charge in [-0.25, -0.2) is 0 Å². The quantitative estimate of drug-likeness (QED) is 0.755. The SMILES string of the molecule is Cc1ccccc1OCCCSC(=O)N(C)C. The van der Waals surface area contributed by atoms with Crippen LogP contribution in [0.2, 0.25) is 0 Å². The molecule has 3 nitrogen and oxygen atoms in total. The van der Waals surface area contributed by atoms with E-state index in [1.54, 1.807) is 19.0 Å². The molecule has 1 aromatic rings. The first kappa shape index (κ1) is 13.9. The summed E-state index contributed by atoms with van der Waals surface area (Å²) in [6.07, 6.45) is 0.874. The van der Waals surface area contributed by atoms with E-state index in [-0.39, 0.29) is 5.24 Å². The molecule has 1 aromatic carbocycles. The molecule has 0 saturated carbocycles. The zero-order valence-corrected chi connectivity index (χ0v) is 11.4. The maximum atomic E-state index is 11.3. The number of carbonyl (C=O) groups excluding carboxylic acids is 1. The molecule has 0 bridgehead atoms. The number of carbonyl (C=O) groups is 1. The number of amides is 1. The van der Waals surface area contributed by atoms with E-state index in [1.807, 2.05) is 31.2 Å². The van der Waals surface area contributed by atoms with Crippen molar-refractivity contribution in [2.24, 2.45) is 0 Å². The fraction of sp³-hybridized carbons (Fsp3) is 0.462. The molecule has 94 valence electrons. The van der Waals surface area contributed by atoms with Gasteiger partial charge in [0.25, 0.3) is 5.24 Å². The van der Waals surface area contributed by atoms with Gasteiger partial charge >= 0.3 is 0 Å². The fourth-order valence-electron chi connectivity index (χ4n) is 1.25. The minimum Gasteiger partial charge on any atom is -0.493 e. The average molecular weight is 253 g/mol. The molecule has 0 unspecified atom stereocenters. The number of thioether (sulfide) groups is 1. The molecule has 1 amide bonds. The van der Waals surface area contributed by atoms with E-state index in [0.717, 1.165) is 23.5 Å². The van der Waals surface area contributed by atoms with Gasteiger partial charge in [0.15, 0.2) is 0 Å². The first-order valence-corrected chi connectivity index (χ1v) is 6.62. The van der Waals surface area contributed by atoms with Crippen molar-refractivity contribution in [1.82, 2.24) is 4.90 Å². The number of hydrogen-bond acceptors (Lipinski definition) is 3. The van der Waals surface area contributed by atoms with Crippen molar-refractivity contribution in [1.29, 1.82) is 0 Å². The predicted molar refractivity (Wildman–Crippen MR) is 72.8 cm³/mol. The van der Waals surface area contributed by atoms with Gasteiger partial charge in [0.05, 0.1) is 6.61 Å². The van der Waals surface area contributed by atoms with E-state index in [1.165, 1.54) is 11.8 Å². The first-order valence-electron chi connectivity index (χ1n) is 5.64. The number of rotatable bonds is 5. The Morgan fingerprint density at radius 1 is 1.35 bits per heavy atom. The normalized spacial score (nSPS) is 10.1. The van der Waals surface area contributed by atoms with Gasteiger partial charge in [-0.3, -0.25) is 4.79 Å². The van der Waals surface area contributed by atoms with Crippen molar-refractivity contribution in [3.8, 4) is 5.75 Å². The van der Waals surface area contributed by atoms with Crippen molar-refractivity contribution < 1.29 is 9.53 Å². The average Bonchev–Trinajstić information content (AvgIpc) is 2.30. The number of ether oxygens (including phenoxy) is 1. The number of para-hydroxylation sites is 1. The summed E-state index contributed by atoms with van der Waals surface area (Å²) in [4.78, 5) is 12.9. The third-order valence-electron chi connectivity index (χ3n) is 2.23. The van der Waals surface area contributed by atoms with Crippen LogP contribution in [0.1, 0.15) is 12.0 Å². The highest BCUT2D eigenvalue weighted by molar-refractivity contribution is 8.13. The third kappa shape index (κ3) is 5.13. The topological polar surface area (TPSA) is 29.5 Å². The lowest BCUT2D eigenvalue weighted by Crippen LogP contribution is -2.17. The van der Waals surface area contributed by atoms with Crippen LogP contribution in [0.3, 0.4) is 0 Å². The molecule has 0 aliphatic rings. The second-order valence-corrected chi connectivity index (χ2v) is 5.02. The Bertz CT molecular complexity index is 366. The van der Waals surface area contributed by atoms with Gasteiger partial charge in [0, 0.05) is 19.8 Å². The highest BCUT2D eigenvalue weighted by atomic mass is 32.2. The Balaban J connectivity index is 2.17. The van der Waals surface area contributed by atoms with Crippen LogP contribution in [0, 0.1) is 6.92 Å². The highest BCUT2D eigenvalue weighted by Crippen LogP contribution is 2.16. The monoisotopic (exact) mass is 253 g/mol. The molecule has 0 aliphatic carbocycles. The van der Waals surface area contributed by atoms with Gasteiger partial charge in [-0.05, 0) is 25.0 Å². The molecular weight excluding hydrogens is 234 g/mol. The van der Waals surface area contributed by atoms with Gasteiger partial charge in [-0.2, -0.15) is 0 Å². The summed E-state index contributed by atoms with van der Waals surface area (Å²) in [5.74, 6) is 1.72. The van der Waals surface area contributed by atoms with E-state index in [0.29, 0.717) is 6.61 Å². The van der Waals surface area contributed by atoms with Gasteiger partial charge in [-0.15, -0.1) is 0 Å². The molecular formula is C13H19NO2S. The lowest BCUT2D eigenvalue weighted by molar-refractivity contribution is 0.241. The Morgan fingerprint density at radius 2 is 2.06 bits per heavy atom. The number of nitrogens with zero attached hydrogens (tertiary/aromatic N) is 1. The maximum Gasteiger partial charge on any atom is 0.281 e. The van der Waals surface area contributed by atoms with Crippen LogP contribution in [-0.2, 0) is 0 Å². The number of hydrogen-bond donors (Lipinski definition) is 0. The molecule has 0 fully saturated rings. The summed E-state index contributed by atoms with van der Waals surface area (Å²) in [6, 6.07) is 7.95. The first-order chi connectivity index (χ1) is 8.11. The smallest absolute Gasteiger partial charge is 0.281 e. The van der Waals surface area contributed by atoms with Crippen LogP contribution < -0.4 is 4.74 Å². The maximum absolute atomic E-state index is 11.3. The second-order valence-electron chi connectivity index (χ2n) is 3.98. The molecule has 0 saturated heterocycles. The predicted octanol–water partition coefficient (Wildman–Crippen LogP) is 3.18. The van der Waals surface area contributed by atoms with E-state index < -0.39 is 0 Å². The second kappa shape index (κ2) is 7.22. The van der Waals surface area contributed by atoms with E-state index in [9.17, 15) is 4.79 Å². The molecule has 1 rings (SSSR count). The van der Waals surface area contributed by atoms with Crippen molar-refractivity contribution in [3.05, 3.63) is 29.8 Å². The lowest BCUT2D eigenvalue weighted by atomic mass is 10.2. The third-order valence-corrected chi connectivity index (χ3v) is 3.34. The molecule has 0 atom stereocenters. The van der Waals surface area contributed by atoms with Gasteiger partial charge in [0.2, 0.25) is 0 Å². The summed E-state index contributed by atoms with van der Waals surface area (Å²) >= 11 is 1.33. The Hall–Kier alpha value is -1.16. The summed E-state index contributed by atoms with van der Waals surface area (Å²) in [7, 11) is 3.53. The summed E-state index contributed by atoms with van der Waals surface area (Å²) in [6.45, 7) is 2.68. The van der Waals surface area contributed by atoms with Crippen LogP contribution in [0.25, 0.3) is 0 Å². The molecule has 0 N–H and O–H groups in total. The van der Waals surface area contributed by atoms with Crippen molar-refractivity contribution in [3.63, 3.8) is 0 Å². The summed E-state index contributed by atoms with van der Waals surface area (Å²) < 4.78 is 5.64. The standard InChI is InChI=1S/C13H19NO2S/c1-11-7-4-5-8-12(11)16-9-6-10-17-13(15)14(2)3/h4-5,7-8H,6,9-10H2,1-3H3.